The molecule has 1 aliphatic rings. The monoisotopic (exact) mass is 442 g/mol. The van der Waals surface area contributed by atoms with Gasteiger partial charge in [0.15, 0.2) is 11.8 Å². The number of guanidine groups is 1. The molecule has 0 bridgehead atoms. The molecular weight excluding hydrogens is 404 g/mol. The van der Waals surface area contributed by atoms with Crippen LogP contribution in [-0.2, 0) is 24.9 Å². The second kappa shape index (κ2) is 12.4. The van der Waals surface area contributed by atoms with Gasteiger partial charge in [-0.1, -0.05) is 25.0 Å². The molecule has 0 saturated heterocycles. The lowest BCUT2D eigenvalue weighted by molar-refractivity contribution is 0.0169. The molecule has 1 saturated carbocycles. The van der Waals surface area contributed by atoms with Crippen LogP contribution in [0.5, 0.6) is 5.75 Å². The molecule has 176 valence electrons. The maximum absolute atomic E-state index is 6.07. The molecule has 32 heavy (non-hydrogen) atoms. The van der Waals surface area contributed by atoms with E-state index >= 15 is 0 Å². The molecular formula is C24H38N6O2. The number of aromatic nitrogens is 3. The highest BCUT2D eigenvalue weighted by molar-refractivity contribution is 5.79. The fourth-order valence-electron chi connectivity index (χ4n) is 4.17. The molecule has 8 heteroatoms. The van der Waals surface area contributed by atoms with Gasteiger partial charge < -0.3 is 24.7 Å². The number of hydrogen-bond acceptors (Lipinski definition) is 5. The fraction of sp³-hybridized carbons (Fsp3) is 0.625. The molecule has 8 nitrogen and oxygen atoms in total. The Morgan fingerprint density at radius 1 is 1.19 bits per heavy atom. The van der Waals surface area contributed by atoms with Crippen LogP contribution in [-0.4, -0.2) is 47.1 Å². The average Bonchev–Trinajstić information content (AvgIpc) is 3.46. The molecule has 1 aliphatic carbocycles. The smallest absolute Gasteiger partial charge is 0.191 e. The number of nitrogens with one attached hydrogen (secondary N) is 2. The van der Waals surface area contributed by atoms with E-state index in [-0.39, 0.29) is 0 Å². The van der Waals surface area contributed by atoms with Gasteiger partial charge in [0.1, 0.15) is 11.6 Å². The summed E-state index contributed by atoms with van der Waals surface area (Å²) in [6.07, 6.45) is 6.52. The maximum Gasteiger partial charge on any atom is 0.191 e. The first-order valence-corrected chi connectivity index (χ1v) is 11.7. The van der Waals surface area contributed by atoms with Crippen LogP contribution in [0.2, 0.25) is 0 Å². The highest BCUT2D eigenvalue weighted by Crippen LogP contribution is 2.30. The van der Waals surface area contributed by atoms with Crippen molar-refractivity contribution in [3.05, 3.63) is 41.5 Å². The summed E-state index contributed by atoms with van der Waals surface area (Å²) in [7, 11) is 3.65. The Hall–Kier alpha value is -2.61. The van der Waals surface area contributed by atoms with Crippen molar-refractivity contribution in [2.75, 3.05) is 20.3 Å². The van der Waals surface area contributed by atoms with Crippen LogP contribution in [0.15, 0.2) is 29.3 Å². The summed E-state index contributed by atoms with van der Waals surface area (Å²) >= 11 is 0. The van der Waals surface area contributed by atoms with E-state index in [1.165, 1.54) is 25.7 Å². The largest absolute Gasteiger partial charge is 0.497 e. The Kier molecular flexibility index (Phi) is 9.34. The lowest BCUT2D eigenvalue weighted by Crippen LogP contribution is -2.39. The van der Waals surface area contributed by atoms with Crippen LogP contribution < -0.4 is 15.4 Å². The summed E-state index contributed by atoms with van der Waals surface area (Å²) in [5, 5.41) is 15.3. The van der Waals surface area contributed by atoms with Crippen molar-refractivity contribution in [2.45, 2.75) is 65.1 Å². The summed E-state index contributed by atoms with van der Waals surface area (Å²) in [6, 6.07) is 8.00. The van der Waals surface area contributed by atoms with Gasteiger partial charge in [-0.25, -0.2) is 4.99 Å². The standard InChI is InChI=1S/C24H38N6O2/c1-5-32-22(20-8-6-7-9-20)14-15-25-24(27-17-23-29-28-18(2)30(23)3)26-16-19-10-12-21(31-4)13-11-19/h10-13,20,22H,5-9,14-17H2,1-4H3,(H2,25,26,27). The molecule has 0 aliphatic heterocycles. The molecule has 1 aromatic carbocycles. The fourth-order valence-corrected chi connectivity index (χ4v) is 4.17. The van der Waals surface area contributed by atoms with Gasteiger partial charge in [-0.2, -0.15) is 0 Å². The van der Waals surface area contributed by atoms with Crippen molar-refractivity contribution in [1.82, 2.24) is 25.4 Å². The Morgan fingerprint density at radius 3 is 2.56 bits per heavy atom. The average molecular weight is 443 g/mol. The van der Waals surface area contributed by atoms with Gasteiger partial charge in [0.25, 0.3) is 0 Å². The van der Waals surface area contributed by atoms with E-state index in [0.717, 1.165) is 48.5 Å². The molecule has 1 heterocycles. The topological polar surface area (TPSA) is 85.6 Å². The van der Waals surface area contributed by atoms with E-state index in [4.69, 9.17) is 14.5 Å². The minimum Gasteiger partial charge on any atom is -0.497 e. The molecule has 2 aromatic rings. The quantitative estimate of drug-likeness (QED) is 0.410. The summed E-state index contributed by atoms with van der Waals surface area (Å²) in [5.41, 5.74) is 1.12. The van der Waals surface area contributed by atoms with Gasteiger partial charge in [-0.15, -0.1) is 10.2 Å². The second-order valence-corrected chi connectivity index (χ2v) is 8.34. The molecule has 0 amide bonds. The molecule has 2 N–H and O–H groups in total. The normalized spacial score (nSPS) is 15.7. The van der Waals surface area contributed by atoms with Crippen molar-refractivity contribution in [2.24, 2.45) is 18.0 Å². The van der Waals surface area contributed by atoms with Crippen molar-refractivity contribution in [1.29, 1.82) is 0 Å². The third-order valence-corrected chi connectivity index (χ3v) is 6.20. The third-order valence-electron chi connectivity index (χ3n) is 6.20. The number of aliphatic imine (C=N–C) groups is 1. The first-order valence-electron chi connectivity index (χ1n) is 11.7. The Balaban J connectivity index is 1.60. The lowest BCUT2D eigenvalue weighted by atomic mass is 9.98. The molecule has 1 fully saturated rings. The SMILES string of the molecule is CCOC(CCNC(=NCc1ccc(OC)cc1)NCc1nnc(C)n1C)C1CCCC1. The summed E-state index contributed by atoms with van der Waals surface area (Å²) < 4.78 is 13.3. The van der Waals surface area contributed by atoms with Gasteiger partial charge in [0.2, 0.25) is 0 Å². The lowest BCUT2D eigenvalue weighted by Gasteiger charge is -2.24. The van der Waals surface area contributed by atoms with E-state index in [1.807, 2.05) is 42.8 Å². The minimum absolute atomic E-state index is 0.319. The van der Waals surface area contributed by atoms with Gasteiger partial charge in [-0.05, 0) is 56.7 Å². The molecule has 1 aromatic heterocycles. The number of benzene rings is 1. The maximum atomic E-state index is 6.07. The predicted octanol–water partition coefficient (Wildman–Crippen LogP) is 3.35. The summed E-state index contributed by atoms with van der Waals surface area (Å²) in [6.45, 7) is 6.75. The molecule has 1 atom stereocenters. The summed E-state index contributed by atoms with van der Waals surface area (Å²) in [4.78, 5) is 4.80. The van der Waals surface area contributed by atoms with Crippen LogP contribution in [0.3, 0.4) is 0 Å². The molecule has 0 spiro atoms. The van der Waals surface area contributed by atoms with Gasteiger partial charge in [0, 0.05) is 20.2 Å². The summed E-state index contributed by atoms with van der Waals surface area (Å²) in [5.74, 6) is 4.07. The third kappa shape index (κ3) is 6.95. The highest BCUT2D eigenvalue weighted by Gasteiger charge is 2.25. The Bertz CT molecular complexity index is 843. The van der Waals surface area contributed by atoms with Crippen molar-refractivity contribution < 1.29 is 9.47 Å². The molecule has 3 rings (SSSR count). The minimum atomic E-state index is 0.319. The van der Waals surface area contributed by atoms with E-state index < -0.39 is 0 Å². The van der Waals surface area contributed by atoms with E-state index in [9.17, 15) is 0 Å². The van der Waals surface area contributed by atoms with Crippen LogP contribution in [0.1, 0.15) is 56.2 Å². The second-order valence-electron chi connectivity index (χ2n) is 8.34. The van der Waals surface area contributed by atoms with Gasteiger partial charge in [0.05, 0.1) is 26.3 Å². The van der Waals surface area contributed by atoms with E-state index in [1.54, 1.807) is 7.11 Å². The van der Waals surface area contributed by atoms with Crippen LogP contribution in [0, 0.1) is 12.8 Å². The predicted molar refractivity (Wildman–Crippen MR) is 127 cm³/mol. The zero-order valence-corrected chi connectivity index (χ0v) is 19.9. The number of methoxy groups -OCH3 is 1. The van der Waals surface area contributed by atoms with E-state index in [2.05, 4.69) is 27.8 Å². The van der Waals surface area contributed by atoms with Crippen molar-refractivity contribution >= 4 is 5.96 Å². The highest BCUT2D eigenvalue weighted by atomic mass is 16.5. The number of rotatable bonds is 11. The van der Waals surface area contributed by atoms with Crippen molar-refractivity contribution in [3.63, 3.8) is 0 Å². The molecule has 0 radical (unpaired) electrons. The number of ether oxygens (including phenoxy) is 2. The molecule has 1 unspecified atom stereocenters. The van der Waals surface area contributed by atoms with Gasteiger partial charge in [-0.3, -0.25) is 0 Å². The Labute approximate surface area is 191 Å². The Morgan fingerprint density at radius 2 is 1.94 bits per heavy atom. The van der Waals surface area contributed by atoms with Crippen LogP contribution in [0.25, 0.3) is 0 Å². The van der Waals surface area contributed by atoms with Crippen LogP contribution in [0.4, 0.5) is 0 Å². The zero-order chi connectivity index (χ0) is 22.8. The van der Waals surface area contributed by atoms with Crippen LogP contribution >= 0.6 is 0 Å². The first kappa shape index (κ1) is 24.0. The number of hydrogen-bond donors (Lipinski definition) is 2. The van der Waals surface area contributed by atoms with Gasteiger partial charge >= 0.3 is 0 Å². The first-order chi connectivity index (χ1) is 15.6. The van der Waals surface area contributed by atoms with E-state index in [0.29, 0.717) is 25.1 Å². The van der Waals surface area contributed by atoms with Crippen molar-refractivity contribution in [3.8, 4) is 5.75 Å². The zero-order valence-electron chi connectivity index (χ0n) is 19.9. The number of aryl methyl sites for hydroxylation is 1. The number of nitrogens with zero attached hydrogens (tertiary/aromatic N) is 4.